The van der Waals surface area contributed by atoms with Gasteiger partial charge in [0.05, 0.1) is 22.6 Å². The van der Waals surface area contributed by atoms with Crippen LogP contribution in [0.15, 0.2) is 83.8 Å². The van der Waals surface area contributed by atoms with Gasteiger partial charge < -0.3 is 10.1 Å². The number of hydrogen-bond acceptors (Lipinski definition) is 6. The van der Waals surface area contributed by atoms with Crippen LogP contribution >= 0.6 is 0 Å². The summed E-state index contributed by atoms with van der Waals surface area (Å²) in [6, 6.07) is 19.8. The number of benzene rings is 3. The van der Waals surface area contributed by atoms with Crippen molar-refractivity contribution in [3.8, 4) is 5.75 Å². The zero-order chi connectivity index (χ0) is 23.1. The number of carbonyl (C=O) groups is 1. The van der Waals surface area contributed by atoms with Crippen molar-refractivity contribution < 1.29 is 22.9 Å². The van der Waals surface area contributed by atoms with Crippen molar-refractivity contribution >= 4 is 27.3 Å². The summed E-state index contributed by atoms with van der Waals surface area (Å²) in [7, 11) is -2.65. The largest absolute Gasteiger partial charge is 0.496 e. The third-order valence-corrected chi connectivity index (χ3v) is 6.40. The van der Waals surface area contributed by atoms with Gasteiger partial charge in [-0.2, -0.15) is 0 Å². The summed E-state index contributed by atoms with van der Waals surface area (Å²) in [6.45, 7) is -0.440. The van der Waals surface area contributed by atoms with Gasteiger partial charge in [0, 0.05) is 24.2 Å². The molecule has 0 aliphatic carbocycles. The van der Waals surface area contributed by atoms with E-state index < -0.39 is 27.4 Å². The van der Waals surface area contributed by atoms with Gasteiger partial charge in [-0.3, -0.25) is 19.2 Å². The van der Waals surface area contributed by atoms with Gasteiger partial charge in [0.25, 0.3) is 15.7 Å². The third kappa shape index (κ3) is 5.22. The number of non-ortho nitro benzene ring substituents is 1. The molecule has 0 spiro atoms. The monoisotopic (exact) mass is 455 g/mol. The average molecular weight is 455 g/mol. The number of para-hydroxylation sites is 1. The van der Waals surface area contributed by atoms with Crippen LogP contribution < -0.4 is 14.4 Å². The van der Waals surface area contributed by atoms with E-state index in [0.717, 1.165) is 15.9 Å². The quantitative estimate of drug-likeness (QED) is 0.391. The highest BCUT2D eigenvalue weighted by molar-refractivity contribution is 7.92. The minimum absolute atomic E-state index is 0.00972. The zero-order valence-corrected chi connectivity index (χ0v) is 18.0. The molecule has 0 aliphatic rings. The molecule has 32 heavy (non-hydrogen) atoms. The third-order valence-electron chi connectivity index (χ3n) is 4.62. The number of anilines is 1. The molecule has 0 fully saturated rings. The Balaban J connectivity index is 1.90. The molecule has 0 bridgehead atoms. The molecule has 0 heterocycles. The lowest BCUT2D eigenvalue weighted by molar-refractivity contribution is -0.384. The number of rotatable bonds is 9. The Morgan fingerprint density at radius 3 is 2.41 bits per heavy atom. The first-order chi connectivity index (χ1) is 15.3. The summed E-state index contributed by atoms with van der Waals surface area (Å²) in [5.41, 5.74) is 0.442. The van der Waals surface area contributed by atoms with E-state index in [9.17, 15) is 23.3 Å². The van der Waals surface area contributed by atoms with Gasteiger partial charge in [0.1, 0.15) is 12.3 Å². The first-order valence-corrected chi connectivity index (χ1v) is 11.0. The number of nitrogens with one attached hydrogen (secondary N) is 1. The summed E-state index contributed by atoms with van der Waals surface area (Å²) >= 11 is 0. The van der Waals surface area contributed by atoms with Crippen molar-refractivity contribution in [1.82, 2.24) is 5.32 Å². The second kappa shape index (κ2) is 9.92. The van der Waals surface area contributed by atoms with Crippen LogP contribution in [-0.2, 0) is 21.4 Å². The van der Waals surface area contributed by atoms with Gasteiger partial charge in [-0.1, -0.05) is 42.5 Å². The van der Waals surface area contributed by atoms with Crippen LogP contribution in [0, 0.1) is 10.1 Å². The number of hydrogen-bond donors (Lipinski definition) is 1. The molecule has 1 N–H and O–H groups in total. The van der Waals surface area contributed by atoms with Gasteiger partial charge in [0.15, 0.2) is 0 Å². The summed E-state index contributed by atoms with van der Waals surface area (Å²) in [4.78, 5) is 23.2. The van der Waals surface area contributed by atoms with E-state index in [1.54, 1.807) is 42.5 Å². The fourth-order valence-electron chi connectivity index (χ4n) is 3.03. The van der Waals surface area contributed by atoms with Crippen molar-refractivity contribution in [3.63, 3.8) is 0 Å². The number of nitrogens with zero attached hydrogens (tertiary/aromatic N) is 2. The second-order valence-electron chi connectivity index (χ2n) is 6.69. The van der Waals surface area contributed by atoms with Crippen molar-refractivity contribution in [2.24, 2.45) is 0 Å². The number of nitro groups is 1. The molecule has 0 radical (unpaired) electrons. The Labute approximate surface area is 185 Å². The number of sulfonamides is 1. The van der Waals surface area contributed by atoms with Gasteiger partial charge in [0.2, 0.25) is 5.91 Å². The normalized spacial score (nSPS) is 10.9. The molecule has 3 aromatic carbocycles. The van der Waals surface area contributed by atoms with Gasteiger partial charge in [-0.15, -0.1) is 0 Å². The Hall–Kier alpha value is -3.92. The van der Waals surface area contributed by atoms with E-state index in [1.165, 1.54) is 37.4 Å². The van der Waals surface area contributed by atoms with Crippen molar-refractivity contribution in [3.05, 3.63) is 94.5 Å². The maximum Gasteiger partial charge on any atom is 0.271 e. The lowest BCUT2D eigenvalue weighted by Crippen LogP contribution is -2.40. The molecule has 166 valence electrons. The Morgan fingerprint density at radius 2 is 1.72 bits per heavy atom. The molecule has 0 aliphatic heterocycles. The van der Waals surface area contributed by atoms with Crippen LogP contribution in [0.2, 0.25) is 0 Å². The summed E-state index contributed by atoms with van der Waals surface area (Å²) in [6.07, 6.45) is 0. The van der Waals surface area contributed by atoms with Crippen molar-refractivity contribution in [2.75, 3.05) is 18.0 Å². The van der Waals surface area contributed by atoms with E-state index in [-0.39, 0.29) is 22.8 Å². The fourth-order valence-corrected chi connectivity index (χ4v) is 4.46. The summed E-state index contributed by atoms with van der Waals surface area (Å²) < 4.78 is 32.7. The molecule has 3 aromatic rings. The molecular weight excluding hydrogens is 434 g/mol. The summed E-state index contributed by atoms with van der Waals surface area (Å²) in [5, 5.41) is 13.9. The van der Waals surface area contributed by atoms with Crippen LogP contribution in [0.4, 0.5) is 11.4 Å². The first-order valence-electron chi connectivity index (χ1n) is 9.54. The van der Waals surface area contributed by atoms with Crippen LogP contribution in [0.1, 0.15) is 5.56 Å². The van der Waals surface area contributed by atoms with E-state index in [0.29, 0.717) is 5.75 Å². The SMILES string of the molecule is COc1ccccc1CNC(=O)CN(c1cccc([N+](=O)[O-])c1)S(=O)(=O)c1ccccc1. The minimum atomic E-state index is -4.16. The van der Waals surface area contributed by atoms with Gasteiger partial charge in [-0.05, 0) is 24.3 Å². The van der Waals surface area contributed by atoms with Gasteiger partial charge >= 0.3 is 0 Å². The van der Waals surface area contributed by atoms with Crippen molar-refractivity contribution in [2.45, 2.75) is 11.4 Å². The number of methoxy groups -OCH3 is 1. The highest BCUT2D eigenvalue weighted by Gasteiger charge is 2.28. The van der Waals surface area contributed by atoms with Crippen LogP contribution in [0.3, 0.4) is 0 Å². The molecule has 0 aromatic heterocycles. The van der Waals surface area contributed by atoms with Crippen LogP contribution in [0.25, 0.3) is 0 Å². The molecular formula is C22H21N3O6S. The molecule has 3 rings (SSSR count). The van der Waals surface area contributed by atoms with Gasteiger partial charge in [-0.25, -0.2) is 8.42 Å². The smallest absolute Gasteiger partial charge is 0.271 e. The number of ether oxygens (including phenoxy) is 1. The molecule has 1 amide bonds. The van der Waals surface area contributed by atoms with Crippen LogP contribution in [0.5, 0.6) is 5.75 Å². The Kier molecular flexibility index (Phi) is 7.06. The van der Waals surface area contributed by atoms with E-state index in [1.807, 2.05) is 0 Å². The molecule has 0 saturated heterocycles. The maximum atomic E-state index is 13.3. The minimum Gasteiger partial charge on any atom is -0.496 e. The fraction of sp³-hybridized carbons (Fsp3) is 0.136. The first kappa shape index (κ1) is 22.8. The lowest BCUT2D eigenvalue weighted by atomic mass is 10.2. The second-order valence-corrected chi connectivity index (χ2v) is 8.55. The highest BCUT2D eigenvalue weighted by Crippen LogP contribution is 2.27. The van der Waals surface area contributed by atoms with E-state index in [4.69, 9.17) is 4.74 Å². The Morgan fingerprint density at radius 1 is 1.03 bits per heavy atom. The van der Waals surface area contributed by atoms with E-state index >= 15 is 0 Å². The average Bonchev–Trinajstić information content (AvgIpc) is 2.81. The van der Waals surface area contributed by atoms with E-state index in [2.05, 4.69) is 5.32 Å². The zero-order valence-electron chi connectivity index (χ0n) is 17.2. The number of amides is 1. The Bertz CT molecular complexity index is 1220. The predicted molar refractivity (Wildman–Crippen MR) is 119 cm³/mol. The lowest BCUT2D eigenvalue weighted by Gasteiger charge is -2.24. The predicted octanol–water partition coefficient (Wildman–Crippen LogP) is 3.12. The summed E-state index contributed by atoms with van der Waals surface area (Å²) in [5.74, 6) is 0.00201. The van der Waals surface area contributed by atoms with Crippen LogP contribution in [-0.4, -0.2) is 32.9 Å². The molecule has 10 heteroatoms. The topological polar surface area (TPSA) is 119 Å². The maximum absolute atomic E-state index is 13.3. The molecule has 9 nitrogen and oxygen atoms in total. The molecule has 0 unspecified atom stereocenters. The highest BCUT2D eigenvalue weighted by atomic mass is 32.2. The standard InChI is InChI=1S/C22H21N3O6S/c1-31-21-13-6-5-8-17(21)15-23-22(26)16-24(18-9-7-10-19(14-18)25(27)28)32(29,30)20-11-3-2-4-12-20/h2-14H,15-16H2,1H3,(H,23,26). The van der Waals surface area contributed by atoms with Crippen molar-refractivity contribution in [1.29, 1.82) is 0 Å². The number of carbonyl (C=O) groups excluding carboxylic acids is 1. The molecule has 0 saturated carbocycles. The molecule has 0 atom stereocenters. The number of nitro benzene ring substituents is 1.